The van der Waals surface area contributed by atoms with Gasteiger partial charge in [-0.1, -0.05) is 25.5 Å². The quantitative estimate of drug-likeness (QED) is 0.702. The third-order valence-corrected chi connectivity index (χ3v) is 1.95. The topological polar surface area (TPSA) is 21.3 Å². The van der Waals surface area contributed by atoms with E-state index in [1.54, 1.807) is 7.11 Å². The van der Waals surface area contributed by atoms with E-state index in [9.17, 15) is 0 Å². The monoisotopic (exact) mass is 179 g/mol. The maximum absolute atomic E-state index is 5.21. The molecule has 0 atom stereocenters. The lowest BCUT2D eigenvalue weighted by Crippen LogP contribution is -2.02. The lowest BCUT2D eigenvalue weighted by molar-refractivity contribution is 0.416. The summed E-state index contributed by atoms with van der Waals surface area (Å²) in [6.45, 7) is 3.20. The Morgan fingerprint density at radius 1 is 1.31 bits per heavy atom. The molecule has 0 saturated heterocycles. The van der Waals surface area contributed by atoms with Crippen molar-refractivity contribution in [1.82, 2.24) is 0 Å². The molecule has 72 valence electrons. The van der Waals surface area contributed by atoms with E-state index >= 15 is 0 Å². The van der Waals surface area contributed by atoms with Crippen molar-refractivity contribution in [2.24, 2.45) is 0 Å². The van der Waals surface area contributed by atoms with Gasteiger partial charge in [-0.15, -0.1) is 0 Å². The summed E-state index contributed by atoms with van der Waals surface area (Å²) >= 11 is 0. The SMILES string of the molecule is CCCCNc1ccccc1OC. The molecule has 1 rings (SSSR count). The van der Waals surface area contributed by atoms with Gasteiger partial charge in [0.1, 0.15) is 5.75 Å². The first-order valence-electron chi connectivity index (χ1n) is 4.75. The minimum absolute atomic E-state index is 0.915. The minimum Gasteiger partial charge on any atom is -0.495 e. The van der Waals surface area contributed by atoms with Gasteiger partial charge in [0.05, 0.1) is 12.8 Å². The Morgan fingerprint density at radius 3 is 2.77 bits per heavy atom. The Hall–Kier alpha value is -1.18. The smallest absolute Gasteiger partial charge is 0.141 e. The van der Waals surface area contributed by atoms with Crippen LogP contribution in [0.1, 0.15) is 19.8 Å². The largest absolute Gasteiger partial charge is 0.495 e. The van der Waals surface area contributed by atoms with Gasteiger partial charge in [-0.25, -0.2) is 0 Å². The standard InChI is InChI=1S/C11H17NO/c1-3-4-9-12-10-7-5-6-8-11(10)13-2/h5-8,12H,3-4,9H2,1-2H3. The third kappa shape index (κ3) is 2.98. The van der Waals surface area contributed by atoms with Crippen LogP contribution in [0.4, 0.5) is 5.69 Å². The first-order chi connectivity index (χ1) is 6.38. The Balaban J connectivity index is 2.54. The molecule has 0 aliphatic rings. The summed E-state index contributed by atoms with van der Waals surface area (Å²) in [4.78, 5) is 0. The number of methoxy groups -OCH3 is 1. The molecule has 0 amide bonds. The molecular formula is C11H17NO. The molecule has 0 aliphatic carbocycles. The van der Waals surface area contributed by atoms with Gasteiger partial charge in [-0.3, -0.25) is 0 Å². The molecule has 0 radical (unpaired) electrons. The van der Waals surface area contributed by atoms with Crippen LogP contribution in [0, 0.1) is 0 Å². The molecule has 1 aromatic rings. The molecule has 0 saturated carbocycles. The second-order valence-electron chi connectivity index (χ2n) is 2.98. The predicted molar refractivity (Wildman–Crippen MR) is 56.4 cm³/mol. The zero-order chi connectivity index (χ0) is 9.52. The van der Waals surface area contributed by atoms with Crippen LogP contribution in [0.2, 0.25) is 0 Å². The van der Waals surface area contributed by atoms with Gasteiger partial charge in [0.15, 0.2) is 0 Å². The molecule has 0 aromatic heterocycles. The second kappa shape index (κ2) is 5.46. The molecule has 0 bridgehead atoms. The average Bonchev–Trinajstić information content (AvgIpc) is 2.19. The normalized spacial score (nSPS) is 9.69. The van der Waals surface area contributed by atoms with Crippen molar-refractivity contribution in [3.63, 3.8) is 0 Å². The number of benzene rings is 1. The van der Waals surface area contributed by atoms with Crippen LogP contribution in [0.15, 0.2) is 24.3 Å². The van der Waals surface area contributed by atoms with Gasteiger partial charge in [-0.05, 0) is 18.6 Å². The highest BCUT2D eigenvalue weighted by molar-refractivity contribution is 5.55. The minimum atomic E-state index is 0.915. The van der Waals surface area contributed by atoms with Crippen molar-refractivity contribution < 1.29 is 4.74 Å². The Labute approximate surface area is 79.9 Å². The molecule has 0 unspecified atom stereocenters. The zero-order valence-electron chi connectivity index (χ0n) is 8.34. The molecule has 2 nitrogen and oxygen atoms in total. The highest BCUT2D eigenvalue weighted by atomic mass is 16.5. The van der Waals surface area contributed by atoms with Crippen molar-refractivity contribution in [1.29, 1.82) is 0 Å². The molecule has 2 heteroatoms. The van der Waals surface area contributed by atoms with Gasteiger partial charge in [0, 0.05) is 6.54 Å². The van der Waals surface area contributed by atoms with Crippen LogP contribution in [0.5, 0.6) is 5.75 Å². The zero-order valence-corrected chi connectivity index (χ0v) is 8.34. The van der Waals surface area contributed by atoms with E-state index in [0.717, 1.165) is 18.0 Å². The fraction of sp³-hybridized carbons (Fsp3) is 0.455. The highest BCUT2D eigenvalue weighted by Gasteiger charge is 1.98. The first-order valence-corrected chi connectivity index (χ1v) is 4.75. The highest BCUT2D eigenvalue weighted by Crippen LogP contribution is 2.22. The van der Waals surface area contributed by atoms with E-state index in [-0.39, 0.29) is 0 Å². The third-order valence-electron chi connectivity index (χ3n) is 1.95. The molecule has 0 spiro atoms. The second-order valence-corrected chi connectivity index (χ2v) is 2.98. The number of para-hydroxylation sites is 2. The Bertz CT molecular complexity index is 248. The number of hydrogen-bond donors (Lipinski definition) is 1. The van der Waals surface area contributed by atoms with Crippen LogP contribution < -0.4 is 10.1 Å². The summed E-state index contributed by atoms with van der Waals surface area (Å²) < 4.78 is 5.21. The summed E-state index contributed by atoms with van der Waals surface area (Å²) in [6.07, 6.45) is 2.40. The van der Waals surface area contributed by atoms with E-state index in [1.807, 2.05) is 24.3 Å². The Morgan fingerprint density at radius 2 is 2.08 bits per heavy atom. The molecular weight excluding hydrogens is 162 g/mol. The fourth-order valence-corrected chi connectivity index (χ4v) is 1.19. The number of unbranched alkanes of at least 4 members (excludes halogenated alkanes) is 1. The van der Waals surface area contributed by atoms with Gasteiger partial charge in [0.25, 0.3) is 0 Å². The summed E-state index contributed by atoms with van der Waals surface area (Å²) in [7, 11) is 1.69. The maximum atomic E-state index is 5.21. The number of nitrogens with one attached hydrogen (secondary N) is 1. The van der Waals surface area contributed by atoms with Crippen molar-refractivity contribution in [2.45, 2.75) is 19.8 Å². The number of ether oxygens (including phenoxy) is 1. The van der Waals surface area contributed by atoms with Crippen molar-refractivity contribution in [3.8, 4) is 5.75 Å². The summed E-state index contributed by atoms with van der Waals surface area (Å²) in [6, 6.07) is 7.99. The van der Waals surface area contributed by atoms with Crippen LogP contribution in [0.25, 0.3) is 0 Å². The van der Waals surface area contributed by atoms with E-state index in [2.05, 4.69) is 12.2 Å². The summed E-state index contributed by atoms with van der Waals surface area (Å²) in [5.41, 5.74) is 1.08. The van der Waals surface area contributed by atoms with Gasteiger partial charge in [-0.2, -0.15) is 0 Å². The molecule has 1 aromatic carbocycles. The van der Waals surface area contributed by atoms with Crippen molar-refractivity contribution >= 4 is 5.69 Å². The lowest BCUT2D eigenvalue weighted by atomic mass is 10.2. The lowest BCUT2D eigenvalue weighted by Gasteiger charge is -2.09. The fourth-order valence-electron chi connectivity index (χ4n) is 1.19. The van der Waals surface area contributed by atoms with E-state index < -0.39 is 0 Å². The molecule has 13 heavy (non-hydrogen) atoms. The van der Waals surface area contributed by atoms with Gasteiger partial charge < -0.3 is 10.1 Å². The summed E-state index contributed by atoms with van der Waals surface area (Å²) in [5.74, 6) is 0.915. The van der Waals surface area contributed by atoms with Crippen molar-refractivity contribution in [3.05, 3.63) is 24.3 Å². The first kappa shape index (κ1) is 9.90. The van der Waals surface area contributed by atoms with Crippen LogP contribution in [-0.4, -0.2) is 13.7 Å². The van der Waals surface area contributed by atoms with Crippen molar-refractivity contribution in [2.75, 3.05) is 19.0 Å². The number of hydrogen-bond acceptors (Lipinski definition) is 2. The predicted octanol–water partition coefficient (Wildman–Crippen LogP) is 2.91. The molecule has 0 heterocycles. The maximum Gasteiger partial charge on any atom is 0.141 e. The molecule has 0 aliphatic heterocycles. The average molecular weight is 179 g/mol. The Kier molecular flexibility index (Phi) is 4.16. The van der Waals surface area contributed by atoms with E-state index in [4.69, 9.17) is 4.74 Å². The van der Waals surface area contributed by atoms with E-state index in [1.165, 1.54) is 12.8 Å². The molecule has 0 fully saturated rings. The summed E-state index contributed by atoms with van der Waals surface area (Å²) in [5, 5.41) is 3.34. The van der Waals surface area contributed by atoms with Crippen LogP contribution in [-0.2, 0) is 0 Å². The van der Waals surface area contributed by atoms with Crippen LogP contribution in [0.3, 0.4) is 0 Å². The van der Waals surface area contributed by atoms with E-state index in [0.29, 0.717) is 0 Å². The van der Waals surface area contributed by atoms with Crippen LogP contribution >= 0.6 is 0 Å². The van der Waals surface area contributed by atoms with Gasteiger partial charge >= 0.3 is 0 Å². The number of anilines is 1. The number of rotatable bonds is 5. The molecule has 1 N–H and O–H groups in total. The van der Waals surface area contributed by atoms with Gasteiger partial charge in [0.2, 0.25) is 0 Å².